The number of pyridine rings is 1. The zero-order valence-corrected chi connectivity index (χ0v) is 30.6. The van der Waals surface area contributed by atoms with E-state index in [1.807, 2.05) is 41.1 Å². The zero-order chi connectivity index (χ0) is 35.6. The first-order chi connectivity index (χ1) is 23.6. The molecule has 0 unspecified atom stereocenters. The number of para-hydroxylation sites is 3. The molecule has 0 bridgehead atoms. The van der Waals surface area contributed by atoms with E-state index < -0.39 is 0 Å². The molecule has 3 heterocycles. The molecule has 0 spiro atoms. The number of anilines is 3. The second kappa shape index (κ2) is 11.9. The monoisotopic (exact) mass is 661 g/mol. The molecule has 0 aliphatic heterocycles. The van der Waals surface area contributed by atoms with E-state index in [9.17, 15) is 5.11 Å². The molecule has 50 heavy (non-hydrogen) atoms. The van der Waals surface area contributed by atoms with Crippen molar-refractivity contribution < 1.29 is 5.11 Å². The molecule has 4 aromatic carbocycles. The van der Waals surface area contributed by atoms with Crippen molar-refractivity contribution in [3.63, 3.8) is 0 Å². The van der Waals surface area contributed by atoms with E-state index in [2.05, 4.69) is 145 Å². The highest BCUT2D eigenvalue weighted by atomic mass is 16.3. The molecule has 0 saturated carbocycles. The average Bonchev–Trinajstić information content (AvgIpc) is 3.66. The Balaban J connectivity index is 1.52. The van der Waals surface area contributed by atoms with Crippen LogP contribution < -0.4 is 4.90 Å². The Morgan fingerprint density at radius 1 is 0.660 bits per heavy atom. The number of rotatable bonds is 5. The summed E-state index contributed by atoms with van der Waals surface area (Å²) in [6.45, 7) is 19.7. The molecule has 0 fully saturated rings. The van der Waals surface area contributed by atoms with Gasteiger partial charge >= 0.3 is 0 Å². The summed E-state index contributed by atoms with van der Waals surface area (Å²) < 4.78 is 1.91. The van der Waals surface area contributed by atoms with E-state index >= 15 is 0 Å². The van der Waals surface area contributed by atoms with Gasteiger partial charge in [0.1, 0.15) is 17.3 Å². The molecular weight excluding hydrogens is 615 g/mol. The summed E-state index contributed by atoms with van der Waals surface area (Å²) in [7, 11) is 0. The molecular formula is C44H47N5O. The summed E-state index contributed by atoms with van der Waals surface area (Å²) in [5.74, 6) is 1.73. The number of hydrogen-bond donors (Lipinski definition) is 2. The second-order valence-corrected chi connectivity index (χ2v) is 16.4. The van der Waals surface area contributed by atoms with Crippen LogP contribution in [0.4, 0.5) is 17.3 Å². The smallest absolute Gasteiger partial charge is 0.169 e. The second-order valence-electron chi connectivity index (χ2n) is 16.4. The number of aromatic nitrogens is 4. The molecule has 254 valence electrons. The Labute approximate surface area is 295 Å². The highest BCUT2D eigenvalue weighted by Gasteiger charge is 2.29. The summed E-state index contributed by atoms with van der Waals surface area (Å²) in [6.07, 6.45) is 0. The van der Waals surface area contributed by atoms with Gasteiger partial charge < -0.3 is 10.1 Å². The number of fused-ring (bicyclic) bond motifs is 2. The Morgan fingerprint density at radius 3 is 1.98 bits per heavy atom. The minimum absolute atomic E-state index is 0.138. The van der Waals surface area contributed by atoms with Gasteiger partial charge in [-0.05, 0) is 82.0 Å². The van der Waals surface area contributed by atoms with Crippen LogP contribution in [0.2, 0.25) is 0 Å². The van der Waals surface area contributed by atoms with Gasteiger partial charge in [0.15, 0.2) is 5.82 Å². The maximum atomic E-state index is 12.0. The predicted molar refractivity (Wildman–Crippen MR) is 209 cm³/mol. The number of aromatic amines is 1. The maximum Gasteiger partial charge on any atom is 0.169 e. The highest BCUT2D eigenvalue weighted by molar-refractivity contribution is 5.97. The van der Waals surface area contributed by atoms with Gasteiger partial charge in [0, 0.05) is 27.5 Å². The average molecular weight is 662 g/mol. The lowest BCUT2D eigenvalue weighted by Crippen LogP contribution is -2.18. The van der Waals surface area contributed by atoms with Crippen LogP contribution >= 0.6 is 0 Å². The number of aromatic hydroxyl groups is 1. The fourth-order valence-electron chi connectivity index (χ4n) is 6.54. The summed E-state index contributed by atoms with van der Waals surface area (Å²) >= 11 is 0. The summed E-state index contributed by atoms with van der Waals surface area (Å²) in [4.78, 5) is 11.1. The molecule has 3 aromatic heterocycles. The third kappa shape index (κ3) is 6.04. The Bertz CT molecular complexity index is 2310. The van der Waals surface area contributed by atoms with Gasteiger partial charge in [0.2, 0.25) is 0 Å². The molecule has 6 nitrogen and oxygen atoms in total. The number of benzene rings is 4. The van der Waals surface area contributed by atoms with E-state index in [1.54, 1.807) is 0 Å². The van der Waals surface area contributed by atoms with Crippen molar-refractivity contribution in [2.24, 2.45) is 0 Å². The summed E-state index contributed by atoms with van der Waals surface area (Å²) in [5, 5.41) is 19.4. The molecule has 7 aromatic rings. The lowest BCUT2D eigenvalue weighted by atomic mass is 9.79. The standard InChI is InChI=1S/C44H47N5O/c1-42(2,3)29-24-33(44(7,8)9)40(50)38(26-29)49-37-22-16-14-20-32(37)41(47-49)48(31-18-11-10-12-19-31)39-27-30(43(4,5)6)25-36(46-39)35-23-28-17-13-15-21-34(28)45-35/h10-27,45,50H,1-9H3. The Morgan fingerprint density at radius 2 is 1.30 bits per heavy atom. The van der Waals surface area contributed by atoms with Crippen molar-refractivity contribution in [2.75, 3.05) is 4.90 Å². The lowest BCUT2D eigenvalue weighted by Gasteiger charge is -2.27. The predicted octanol–water partition coefficient (Wildman–Crippen LogP) is 11.6. The molecule has 0 atom stereocenters. The van der Waals surface area contributed by atoms with Crippen LogP contribution in [-0.4, -0.2) is 24.9 Å². The highest BCUT2D eigenvalue weighted by Crippen LogP contribution is 2.44. The quantitative estimate of drug-likeness (QED) is 0.193. The minimum atomic E-state index is -0.279. The number of phenolic OH excluding ortho intramolecular Hbond substituents is 1. The maximum absolute atomic E-state index is 12.0. The molecule has 6 heteroatoms. The van der Waals surface area contributed by atoms with Crippen molar-refractivity contribution >= 4 is 39.1 Å². The summed E-state index contributed by atoms with van der Waals surface area (Å²) in [5.41, 5.74) is 8.01. The van der Waals surface area contributed by atoms with Crippen LogP contribution in [0.15, 0.2) is 109 Å². The molecule has 0 radical (unpaired) electrons. The third-order valence-electron chi connectivity index (χ3n) is 9.50. The van der Waals surface area contributed by atoms with E-state index in [0.29, 0.717) is 5.69 Å². The van der Waals surface area contributed by atoms with Crippen LogP contribution in [0.5, 0.6) is 5.75 Å². The molecule has 2 N–H and O–H groups in total. The fourth-order valence-corrected chi connectivity index (χ4v) is 6.54. The molecule has 0 saturated heterocycles. The Kier molecular flexibility index (Phi) is 7.89. The SMILES string of the molecule is CC(C)(C)c1cc(-c2cc3ccccc3[nH]2)nc(N(c2ccccc2)c2nn(-c3cc(C(C)(C)C)cc(C(C)(C)C)c3O)c3ccccc23)c1. The van der Waals surface area contributed by atoms with Crippen molar-refractivity contribution in [2.45, 2.75) is 78.6 Å². The fraction of sp³-hybridized carbons (Fsp3) is 0.273. The summed E-state index contributed by atoms with van der Waals surface area (Å²) in [6, 6.07) is 37.6. The van der Waals surface area contributed by atoms with Crippen molar-refractivity contribution in [3.05, 3.63) is 126 Å². The van der Waals surface area contributed by atoms with Gasteiger partial charge in [-0.15, -0.1) is 5.10 Å². The van der Waals surface area contributed by atoms with Crippen LogP contribution in [0.3, 0.4) is 0 Å². The zero-order valence-electron chi connectivity index (χ0n) is 30.6. The van der Waals surface area contributed by atoms with Gasteiger partial charge in [0.25, 0.3) is 0 Å². The number of H-pyrrole nitrogens is 1. The lowest BCUT2D eigenvalue weighted by molar-refractivity contribution is 0.441. The molecule has 7 rings (SSSR count). The van der Waals surface area contributed by atoms with Gasteiger partial charge in [-0.2, -0.15) is 0 Å². The number of phenols is 1. The first kappa shape index (κ1) is 33.2. The van der Waals surface area contributed by atoms with Crippen molar-refractivity contribution in [1.82, 2.24) is 19.7 Å². The van der Waals surface area contributed by atoms with E-state index in [0.717, 1.165) is 67.2 Å². The Hall–Kier alpha value is -5.36. The molecule has 0 amide bonds. The van der Waals surface area contributed by atoms with Gasteiger partial charge in [-0.3, -0.25) is 4.90 Å². The normalized spacial score (nSPS) is 12.6. The topological polar surface area (TPSA) is 70.0 Å². The van der Waals surface area contributed by atoms with Crippen LogP contribution in [0.1, 0.15) is 79.0 Å². The first-order valence-electron chi connectivity index (χ1n) is 17.4. The van der Waals surface area contributed by atoms with Gasteiger partial charge in [0.05, 0.1) is 16.9 Å². The van der Waals surface area contributed by atoms with E-state index in [4.69, 9.17) is 10.1 Å². The number of nitrogens with zero attached hydrogens (tertiary/aromatic N) is 4. The minimum Gasteiger partial charge on any atom is -0.505 e. The van der Waals surface area contributed by atoms with Crippen molar-refractivity contribution in [1.29, 1.82) is 0 Å². The van der Waals surface area contributed by atoms with Crippen molar-refractivity contribution in [3.8, 4) is 22.8 Å². The molecule has 0 aliphatic rings. The molecule has 0 aliphatic carbocycles. The van der Waals surface area contributed by atoms with E-state index in [-0.39, 0.29) is 22.0 Å². The third-order valence-corrected chi connectivity index (χ3v) is 9.50. The van der Waals surface area contributed by atoms with E-state index in [1.165, 1.54) is 0 Å². The van der Waals surface area contributed by atoms with Gasteiger partial charge in [-0.25, -0.2) is 9.67 Å². The first-order valence-corrected chi connectivity index (χ1v) is 17.4. The largest absolute Gasteiger partial charge is 0.505 e. The van der Waals surface area contributed by atoms with Gasteiger partial charge in [-0.1, -0.05) is 117 Å². The van der Waals surface area contributed by atoms with Crippen LogP contribution in [-0.2, 0) is 16.2 Å². The number of hydrogen-bond acceptors (Lipinski definition) is 4. The van der Waals surface area contributed by atoms with Crippen LogP contribution in [0, 0.1) is 0 Å². The van der Waals surface area contributed by atoms with Crippen LogP contribution in [0.25, 0.3) is 38.9 Å². The number of nitrogens with one attached hydrogen (secondary N) is 1.